The summed E-state index contributed by atoms with van der Waals surface area (Å²) in [6, 6.07) is 5.83. The molecular weight excluding hydrogens is 322 g/mol. The summed E-state index contributed by atoms with van der Waals surface area (Å²) in [5, 5.41) is 11.0. The van der Waals surface area contributed by atoms with Crippen molar-refractivity contribution in [3.63, 3.8) is 0 Å². The number of nitro groups is 1. The predicted octanol–water partition coefficient (Wildman–Crippen LogP) is 3.06. The van der Waals surface area contributed by atoms with Crippen LogP contribution in [0.5, 0.6) is 0 Å². The lowest BCUT2D eigenvalue weighted by Crippen LogP contribution is -2.48. The Balaban J connectivity index is 2.16. The van der Waals surface area contributed by atoms with E-state index in [9.17, 15) is 10.1 Å². The molecule has 0 radical (unpaired) electrons. The molecule has 0 aliphatic carbocycles. The Morgan fingerprint density at radius 1 is 1.55 bits per heavy atom. The number of piperidine rings is 1. The number of rotatable bonds is 4. The van der Waals surface area contributed by atoms with Gasteiger partial charge in [-0.05, 0) is 53.9 Å². The lowest BCUT2D eigenvalue weighted by Gasteiger charge is -2.38. The molecule has 5 nitrogen and oxygen atoms in total. The third-order valence-electron chi connectivity index (χ3n) is 3.86. The van der Waals surface area contributed by atoms with Crippen molar-refractivity contribution in [1.82, 2.24) is 4.90 Å². The second-order valence-electron chi connectivity index (χ2n) is 5.44. The van der Waals surface area contributed by atoms with Gasteiger partial charge in [-0.1, -0.05) is 12.5 Å². The molecule has 1 heterocycles. The molecule has 0 aromatic heterocycles. The van der Waals surface area contributed by atoms with Gasteiger partial charge in [-0.15, -0.1) is 0 Å². The minimum atomic E-state index is -0.354. The Morgan fingerprint density at radius 2 is 2.30 bits per heavy atom. The van der Waals surface area contributed by atoms with Crippen LogP contribution in [-0.4, -0.2) is 28.5 Å². The highest BCUT2D eigenvalue weighted by Gasteiger charge is 2.25. The fourth-order valence-electron chi connectivity index (χ4n) is 2.84. The number of likely N-dealkylation sites (tertiary alicyclic amines) is 1. The van der Waals surface area contributed by atoms with Crippen molar-refractivity contribution in [3.05, 3.63) is 38.3 Å². The summed E-state index contributed by atoms with van der Waals surface area (Å²) in [6.07, 6.45) is 3.49. The van der Waals surface area contributed by atoms with Crippen molar-refractivity contribution in [1.29, 1.82) is 0 Å². The number of benzene rings is 1. The number of nitrogens with two attached hydrogens (primary N) is 1. The van der Waals surface area contributed by atoms with E-state index in [1.165, 1.54) is 12.8 Å². The van der Waals surface area contributed by atoms with Crippen LogP contribution in [0.3, 0.4) is 0 Å². The maximum absolute atomic E-state index is 11.0. The van der Waals surface area contributed by atoms with Gasteiger partial charge in [0.15, 0.2) is 0 Å². The maximum Gasteiger partial charge on any atom is 0.283 e. The molecule has 2 atom stereocenters. The summed E-state index contributed by atoms with van der Waals surface area (Å²) < 4.78 is 0.522. The van der Waals surface area contributed by atoms with Gasteiger partial charge in [-0.25, -0.2) is 0 Å². The fraction of sp³-hybridized carbons (Fsp3) is 0.571. The monoisotopic (exact) mass is 341 g/mol. The normalized spacial score (nSPS) is 21.6. The number of nitrogens with zero attached hydrogens (tertiary/aromatic N) is 2. The molecule has 2 unspecified atom stereocenters. The van der Waals surface area contributed by atoms with E-state index in [1.54, 1.807) is 12.1 Å². The van der Waals surface area contributed by atoms with Gasteiger partial charge in [-0.3, -0.25) is 15.0 Å². The number of nitro benzene ring substituents is 1. The van der Waals surface area contributed by atoms with E-state index in [4.69, 9.17) is 5.73 Å². The Morgan fingerprint density at radius 3 is 2.95 bits per heavy atom. The molecule has 1 fully saturated rings. The highest BCUT2D eigenvalue weighted by Crippen LogP contribution is 2.28. The fourth-order valence-corrected chi connectivity index (χ4v) is 3.23. The zero-order chi connectivity index (χ0) is 14.7. The van der Waals surface area contributed by atoms with E-state index in [0.29, 0.717) is 10.5 Å². The van der Waals surface area contributed by atoms with Crippen molar-refractivity contribution < 1.29 is 4.92 Å². The van der Waals surface area contributed by atoms with Crippen molar-refractivity contribution in [2.75, 3.05) is 6.54 Å². The number of halogens is 1. The van der Waals surface area contributed by atoms with Crippen molar-refractivity contribution in [2.45, 2.75) is 44.8 Å². The molecule has 6 heteroatoms. The molecule has 0 bridgehead atoms. The van der Waals surface area contributed by atoms with E-state index >= 15 is 0 Å². The molecule has 0 spiro atoms. The van der Waals surface area contributed by atoms with Gasteiger partial charge < -0.3 is 5.73 Å². The van der Waals surface area contributed by atoms with Crippen LogP contribution in [0.1, 0.15) is 31.7 Å². The minimum Gasteiger partial charge on any atom is -0.327 e. The van der Waals surface area contributed by atoms with Crippen LogP contribution in [0.2, 0.25) is 0 Å². The molecule has 1 aliphatic heterocycles. The summed E-state index contributed by atoms with van der Waals surface area (Å²) in [6.45, 7) is 3.77. The Labute approximate surface area is 127 Å². The average Bonchev–Trinajstić information content (AvgIpc) is 2.41. The Bertz CT molecular complexity index is 493. The second kappa shape index (κ2) is 6.65. The summed E-state index contributed by atoms with van der Waals surface area (Å²) >= 11 is 3.22. The van der Waals surface area contributed by atoms with E-state index < -0.39 is 0 Å². The molecule has 20 heavy (non-hydrogen) atoms. The number of hydrogen-bond acceptors (Lipinski definition) is 4. The van der Waals surface area contributed by atoms with Crippen LogP contribution in [0.25, 0.3) is 0 Å². The standard InChI is InChI=1S/C14H20BrN3O2/c1-10(16)13-4-2-3-7-17(13)9-11-5-6-12(15)14(8-11)18(19)20/h5-6,8,10,13H,2-4,7,9,16H2,1H3. The van der Waals surface area contributed by atoms with Crippen LogP contribution in [0, 0.1) is 10.1 Å². The quantitative estimate of drug-likeness (QED) is 0.674. The van der Waals surface area contributed by atoms with Crippen molar-refractivity contribution in [3.8, 4) is 0 Å². The van der Waals surface area contributed by atoms with E-state index in [1.807, 2.05) is 13.0 Å². The highest BCUT2D eigenvalue weighted by atomic mass is 79.9. The summed E-state index contributed by atoms with van der Waals surface area (Å²) in [7, 11) is 0. The maximum atomic E-state index is 11.0. The van der Waals surface area contributed by atoms with Crippen LogP contribution >= 0.6 is 15.9 Å². The van der Waals surface area contributed by atoms with Gasteiger partial charge >= 0.3 is 0 Å². The van der Waals surface area contributed by atoms with Crippen LogP contribution in [-0.2, 0) is 6.54 Å². The van der Waals surface area contributed by atoms with Gasteiger partial charge in [0.25, 0.3) is 5.69 Å². The van der Waals surface area contributed by atoms with Gasteiger partial charge in [0.2, 0.25) is 0 Å². The molecule has 0 saturated carbocycles. The highest BCUT2D eigenvalue weighted by molar-refractivity contribution is 9.10. The summed E-state index contributed by atoms with van der Waals surface area (Å²) in [5.41, 5.74) is 7.14. The first-order valence-corrected chi connectivity index (χ1v) is 7.71. The Kier molecular flexibility index (Phi) is 5.12. The lowest BCUT2D eigenvalue weighted by atomic mass is 9.96. The van der Waals surface area contributed by atoms with Crippen LogP contribution < -0.4 is 5.73 Å². The molecule has 1 aromatic carbocycles. The van der Waals surface area contributed by atoms with Gasteiger partial charge in [0.05, 0.1) is 9.40 Å². The van der Waals surface area contributed by atoms with E-state index in [-0.39, 0.29) is 16.7 Å². The molecule has 2 N–H and O–H groups in total. The van der Waals surface area contributed by atoms with E-state index in [2.05, 4.69) is 20.8 Å². The third kappa shape index (κ3) is 3.56. The van der Waals surface area contributed by atoms with Gasteiger partial charge in [0, 0.05) is 24.7 Å². The second-order valence-corrected chi connectivity index (χ2v) is 6.29. The van der Waals surface area contributed by atoms with Crippen LogP contribution in [0.15, 0.2) is 22.7 Å². The molecule has 0 amide bonds. The van der Waals surface area contributed by atoms with Crippen LogP contribution in [0.4, 0.5) is 5.69 Å². The largest absolute Gasteiger partial charge is 0.327 e. The summed E-state index contributed by atoms with van der Waals surface area (Å²) in [4.78, 5) is 13.0. The smallest absolute Gasteiger partial charge is 0.283 e. The lowest BCUT2D eigenvalue weighted by molar-refractivity contribution is -0.385. The first kappa shape index (κ1) is 15.4. The molecule has 1 aliphatic rings. The van der Waals surface area contributed by atoms with Crippen molar-refractivity contribution >= 4 is 21.6 Å². The topological polar surface area (TPSA) is 72.4 Å². The predicted molar refractivity (Wildman–Crippen MR) is 82.5 cm³/mol. The average molecular weight is 342 g/mol. The zero-order valence-electron chi connectivity index (χ0n) is 11.6. The van der Waals surface area contributed by atoms with Gasteiger partial charge in [0.1, 0.15) is 0 Å². The molecule has 1 aromatic rings. The molecule has 2 rings (SSSR count). The molecular formula is C14H20BrN3O2. The van der Waals surface area contributed by atoms with Crippen molar-refractivity contribution in [2.24, 2.45) is 5.73 Å². The van der Waals surface area contributed by atoms with Gasteiger partial charge in [-0.2, -0.15) is 0 Å². The van der Waals surface area contributed by atoms with E-state index in [0.717, 1.165) is 25.1 Å². The first-order chi connectivity index (χ1) is 9.49. The first-order valence-electron chi connectivity index (χ1n) is 6.91. The molecule has 1 saturated heterocycles. The zero-order valence-corrected chi connectivity index (χ0v) is 13.2. The minimum absolute atomic E-state index is 0.122. The SMILES string of the molecule is CC(N)C1CCCCN1Cc1ccc(Br)c([N+](=O)[O-])c1. The third-order valence-corrected chi connectivity index (χ3v) is 4.53. The molecule has 110 valence electrons. The number of hydrogen-bond donors (Lipinski definition) is 1. The Hall–Kier alpha value is -0.980. The summed E-state index contributed by atoms with van der Waals surface area (Å²) in [5.74, 6) is 0.